The van der Waals surface area contributed by atoms with E-state index in [-0.39, 0.29) is 18.4 Å². The second kappa shape index (κ2) is 8.03. The number of nitrogens with two attached hydrogens (primary N) is 2. The van der Waals surface area contributed by atoms with Crippen LogP contribution in [0.3, 0.4) is 0 Å². The molecule has 0 aliphatic carbocycles. The maximum absolute atomic E-state index is 5.98. The van der Waals surface area contributed by atoms with Crippen LogP contribution < -0.4 is 16.2 Å². The van der Waals surface area contributed by atoms with Gasteiger partial charge in [0.25, 0.3) is 0 Å². The molecule has 0 radical (unpaired) electrons. The normalized spacial score (nSPS) is 11.6. The molecule has 2 aromatic carbocycles. The third-order valence-electron chi connectivity index (χ3n) is 3.39. The van der Waals surface area contributed by atoms with Crippen LogP contribution in [0, 0.1) is 13.8 Å². The molecule has 0 aliphatic heterocycles. The molecule has 0 bridgehead atoms. The van der Waals surface area contributed by atoms with Crippen molar-refractivity contribution in [2.75, 3.05) is 6.54 Å². The van der Waals surface area contributed by atoms with Crippen LogP contribution in [0.25, 0.3) is 0 Å². The molecule has 21 heavy (non-hydrogen) atoms. The molecule has 0 amide bonds. The average molecular weight is 307 g/mol. The molecule has 0 saturated carbocycles. The lowest BCUT2D eigenvalue weighted by Crippen LogP contribution is -2.21. The molecule has 0 aliphatic rings. The van der Waals surface area contributed by atoms with Gasteiger partial charge in [-0.15, -0.1) is 12.4 Å². The molecule has 0 aromatic heterocycles. The van der Waals surface area contributed by atoms with E-state index in [4.69, 9.17) is 16.2 Å². The molecule has 0 unspecified atom stereocenters. The zero-order valence-electron chi connectivity index (χ0n) is 12.5. The van der Waals surface area contributed by atoms with Crippen molar-refractivity contribution in [3.05, 3.63) is 64.7 Å². The fourth-order valence-electron chi connectivity index (χ4n) is 2.29. The van der Waals surface area contributed by atoms with E-state index < -0.39 is 0 Å². The molecule has 1 atom stereocenters. The summed E-state index contributed by atoms with van der Waals surface area (Å²) >= 11 is 0. The van der Waals surface area contributed by atoms with Crippen molar-refractivity contribution in [1.82, 2.24) is 0 Å². The summed E-state index contributed by atoms with van der Waals surface area (Å²) in [5.41, 5.74) is 16.0. The molecule has 0 spiro atoms. The van der Waals surface area contributed by atoms with Gasteiger partial charge in [-0.25, -0.2) is 0 Å². The molecule has 114 valence electrons. The van der Waals surface area contributed by atoms with E-state index in [1.54, 1.807) is 0 Å². The Balaban J connectivity index is 0.00000220. The van der Waals surface area contributed by atoms with E-state index in [0.717, 1.165) is 28.0 Å². The first-order valence-electron chi connectivity index (χ1n) is 6.85. The molecular formula is C17H23ClN2O. The van der Waals surface area contributed by atoms with Crippen LogP contribution in [0.5, 0.6) is 5.75 Å². The smallest absolute Gasteiger partial charge is 0.125 e. The SMILES string of the molecule is Cc1cc([C@@H](N)CN)cc(C)c1OCc1ccccc1.Cl. The summed E-state index contributed by atoms with van der Waals surface area (Å²) in [6.07, 6.45) is 0. The van der Waals surface area contributed by atoms with Gasteiger partial charge in [-0.2, -0.15) is 0 Å². The van der Waals surface area contributed by atoms with Gasteiger partial charge >= 0.3 is 0 Å². The van der Waals surface area contributed by atoms with Crippen molar-refractivity contribution >= 4 is 12.4 Å². The molecular weight excluding hydrogens is 284 g/mol. The first-order chi connectivity index (χ1) is 9.61. The zero-order chi connectivity index (χ0) is 14.5. The summed E-state index contributed by atoms with van der Waals surface area (Å²) in [7, 11) is 0. The molecule has 0 saturated heterocycles. The number of aryl methyl sites for hydroxylation is 2. The predicted octanol–water partition coefficient (Wildman–Crippen LogP) is 3.26. The van der Waals surface area contributed by atoms with E-state index in [9.17, 15) is 0 Å². The number of halogens is 1. The van der Waals surface area contributed by atoms with E-state index in [1.165, 1.54) is 0 Å². The van der Waals surface area contributed by atoms with Gasteiger partial charge < -0.3 is 16.2 Å². The third-order valence-corrected chi connectivity index (χ3v) is 3.39. The van der Waals surface area contributed by atoms with Crippen molar-refractivity contribution in [2.45, 2.75) is 26.5 Å². The quantitative estimate of drug-likeness (QED) is 0.891. The first-order valence-corrected chi connectivity index (χ1v) is 6.85. The highest BCUT2D eigenvalue weighted by molar-refractivity contribution is 5.85. The summed E-state index contributed by atoms with van der Waals surface area (Å²) in [6.45, 7) is 5.11. The second-order valence-electron chi connectivity index (χ2n) is 5.10. The van der Waals surface area contributed by atoms with Crippen molar-refractivity contribution in [1.29, 1.82) is 0 Å². The lowest BCUT2D eigenvalue weighted by molar-refractivity contribution is 0.302. The van der Waals surface area contributed by atoms with Gasteiger partial charge in [0.2, 0.25) is 0 Å². The van der Waals surface area contributed by atoms with Crippen molar-refractivity contribution in [3.8, 4) is 5.75 Å². The number of rotatable bonds is 5. The Hall–Kier alpha value is -1.55. The lowest BCUT2D eigenvalue weighted by atomic mass is 10.0. The third kappa shape index (κ3) is 4.46. The van der Waals surface area contributed by atoms with Crippen LogP contribution >= 0.6 is 12.4 Å². The molecule has 4 N–H and O–H groups in total. The van der Waals surface area contributed by atoms with E-state index in [0.29, 0.717) is 13.2 Å². The highest BCUT2D eigenvalue weighted by Gasteiger charge is 2.10. The summed E-state index contributed by atoms with van der Waals surface area (Å²) in [6, 6.07) is 14.2. The summed E-state index contributed by atoms with van der Waals surface area (Å²) in [4.78, 5) is 0. The predicted molar refractivity (Wildman–Crippen MR) is 89.9 cm³/mol. The Morgan fingerprint density at radius 1 is 1.05 bits per heavy atom. The van der Waals surface area contributed by atoms with Crippen LogP contribution in [-0.4, -0.2) is 6.54 Å². The summed E-state index contributed by atoms with van der Waals surface area (Å²) < 4.78 is 5.95. The Bertz CT molecular complexity index is 549. The maximum Gasteiger partial charge on any atom is 0.125 e. The molecule has 2 rings (SSSR count). The fraction of sp³-hybridized carbons (Fsp3) is 0.294. The summed E-state index contributed by atoms with van der Waals surface area (Å²) in [5, 5.41) is 0. The Morgan fingerprint density at radius 3 is 2.14 bits per heavy atom. The standard InChI is InChI=1S/C17H22N2O.ClH/c1-12-8-15(16(19)10-18)9-13(2)17(12)20-11-14-6-4-3-5-7-14;/h3-9,16H,10-11,18-19H2,1-2H3;1H/t16-;/m0./s1. The number of hydrogen-bond donors (Lipinski definition) is 2. The van der Waals surface area contributed by atoms with Crippen LogP contribution in [0.2, 0.25) is 0 Å². The fourth-order valence-corrected chi connectivity index (χ4v) is 2.29. The lowest BCUT2D eigenvalue weighted by Gasteiger charge is -2.16. The minimum absolute atomic E-state index is 0. The highest BCUT2D eigenvalue weighted by Crippen LogP contribution is 2.27. The number of hydrogen-bond acceptors (Lipinski definition) is 3. The van der Waals surface area contributed by atoms with Crippen molar-refractivity contribution in [2.24, 2.45) is 11.5 Å². The average Bonchev–Trinajstić information content (AvgIpc) is 2.46. The Morgan fingerprint density at radius 2 is 1.62 bits per heavy atom. The minimum Gasteiger partial charge on any atom is -0.488 e. The largest absolute Gasteiger partial charge is 0.488 e. The zero-order valence-corrected chi connectivity index (χ0v) is 13.3. The van der Waals surface area contributed by atoms with Crippen LogP contribution in [-0.2, 0) is 6.61 Å². The minimum atomic E-state index is -0.115. The van der Waals surface area contributed by atoms with Crippen LogP contribution in [0.1, 0.15) is 28.3 Å². The van der Waals surface area contributed by atoms with Gasteiger partial charge in [0, 0.05) is 12.6 Å². The van der Waals surface area contributed by atoms with Gasteiger partial charge in [-0.3, -0.25) is 0 Å². The van der Waals surface area contributed by atoms with Gasteiger partial charge in [-0.05, 0) is 36.1 Å². The van der Waals surface area contributed by atoms with Crippen molar-refractivity contribution in [3.63, 3.8) is 0 Å². The van der Waals surface area contributed by atoms with Crippen LogP contribution in [0.15, 0.2) is 42.5 Å². The monoisotopic (exact) mass is 306 g/mol. The van der Waals surface area contributed by atoms with Crippen LogP contribution in [0.4, 0.5) is 0 Å². The topological polar surface area (TPSA) is 61.3 Å². The second-order valence-corrected chi connectivity index (χ2v) is 5.10. The Labute approximate surface area is 132 Å². The van der Waals surface area contributed by atoms with E-state index in [1.807, 2.05) is 32.0 Å². The van der Waals surface area contributed by atoms with Gasteiger partial charge in [-0.1, -0.05) is 42.5 Å². The van der Waals surface area contributed by atoms with Crippen molar-refractivity contribution < 1.29 is 4.74 Å². The first kappa shape index (κ1) is 17.5. The maximum atomic E-state index is 5.98. The number of ether oxygens (including phenoxy) is 1. The Kier molecular flexibility index (Phi) is 6.69. The number of benzene rings is 2. The highest BCUT2D eigenvalue weighted by atomic mass is 35.5. The molecule has 3 nitrogen and oxygen atoms in total. The van der Waals surface area contributed by atoms with Gasteiger partial charge in [0.15, 0.2) is 0 Å². The van der Waals surface area contributed by atoms with E-state index in [2.05, 4.69) is 24.3 Å². The molecule has 0 fully saturated rings. The van der Waals surface area contributed by atoms with Gasteiger partial charge in [0.1, 0.15) is 12.4 Å². The molecule has 2 aromatic rings. The molecule has 0 heterocycles. The summed E-state index contributed by atoms with van der Waals surface area (Å²) in [5.74, 6) is 0.932. The molecule has 4 heteroatoms. The van der Waals surface area contributed by atoms with E-state index >= 15 is 0 Å². The van der Waals surface area contributed by atoms with Gasteiger partial charge in [0.05, 0.1) is 0 Å².